The molecule has 6 heteroatoms. The molecule has 1 fully saturated rings. The number of piperazine rings is 1. The van der Waals surface area contributed by atoms with Crippen LogP contribution in [0.3, 0.4) is 0 Å². The highest BCUT2D eigenvalue weighted by atomic mass is 16.5. The second kappa shape index (κ2) is 8.74. The average molecular weight is 347 g/mol. The van der Waals surface area contributed by atoms with Gasteiger partial charge in [0.15, 0.2) is 0 Å². The van der Waals surface area contributed by atoms with Crippen molar-refractivity contribution in [1.29, 1.82) is 0 Å². The molecular formula is C19H29N3O3. The molecule has 1 aromatic carbocycles. The maximum atomic E-state index is 12.5. The SMILES string of the molecule is COc1cccc([C@H](C)NC(=O)N2CCN(C(=O)CC(C)C)CC2)c1. The highest BCUT2D eigenvalue weighted by Crippen LogP contribution is 2.19. The number of carbonyl (C=O) groups excluding carboxylic acids is 2. The molecule has 0 radical (unpaired) electrons. The van der Waals surface area contributed by atoms with Gasteiger partial charge in [-0.1, -0.05) is 26.0 Å². The van der Waals surface area contributed by atoms with Gasteiger partial charge in [0, 0.05) is 32.6 Å². The second-order valence-electron chi connectivity index (χ2n) is 6.91. The quantitative estimate of drug-likeness (QED) is 0.891. The van der Waals surface area contributed by atoms with Gasteiger partial charge in [-0.2, -0.15) is 0 Å². The number of methoxy groups -OCH3 is 1. The molecule has 2 rings (SSSR count). The molecule has 0 saturated carbocycles. The summed E-state index contributed by atoms with van der Waals surface area (Å²) in [5, 5.41) is 3.02. The molecule has 0 aliphatic carbocycles. The number of hydrogen-bond acceptors (Lipinski definition) is 3. The molecule has 138 valence electrons. The van der Waals surface area contributed by atoms with Crippen LogP contribution in [-0.4, -0.2) is 55.0 Å². The fourth-order valence-corrected chi connectivity index (χ4v) is 2.91. The molecule has 1 atom stereocenters. The van der Waals surface area contributed by atoms with Gasteiger partial charge in [-0.05, 0) is 30.5 Å². The Balaban J connectivity index is 1.84. The van der Waals surface area contributed by atoms with E-state index in [0.29, 0.717) is 38.5 Å². The number of benzene rings is 1. The Morgan fingerprint density at radius 3 is 2.36 bits per heavy atom. The van der Waals surface area contributed by atoms with Crippen LogP contribution in [0.2, 0.25) is 0 Å². The molecule has 1 aromatic rings. The third-order valence-corrected chi connectivity index (χ3v) is 4.44. The minimum atomic E-state index is -0.108. The maximum absolute atomic E-state index is 12.5. The molecule has 1 N–H and O–H groups in total. The van der Waals surface area contributed by atoms with Crippen LogP contribution in [0.4, 0.5) is 4.79 Å². The van der Waals surface area contributed by atoms with E-state index in [0.717, 1.165) is 11.3 Å². The van der Waals surface area contributed by atoms with Gasteiger partial charge in [-0.3, -0.25) is 4.79 Å². The highest BCUT2D eigenvalue weighted by molar-refractivity contribution is 5.78. The van der Waals surface area contributed by atoms with Crippen molar-refractivity contribution in [3.8, 4) is 5.75 Å². The number of nitrogens with zero attached hydrogens (tertiary/aromatic N) is 2. The van der Waals surface area contributed by atoms with Crippen LogP contribution in [0.15, 0.2) is 24.3 Å². The van der Waals surface area contributed by atoms with E-state index in [1.165, 1.54) is 0 Å². The van der Waals surface area contributed by atoms with Crippen molar-refractivity contribution in [1.82, 2.24) is 15.1 Å². The van der Waals surface area contributed by atoms with E-state index in [1.807, 2.05) is 49.9 Å². The molecule has 1 saturated heterocycles. The molecule has 0 bridgehead atoms. The van der Waals surface area contributed by atoms with Crippen molar-refractivity contribution in [2.24, 2.45) is 5.92 Å². The zero-order valence-electron chi connectivity index (χ0n) is 15.6. The van der Waals surface area contributed by atoms with Gasteiger partial charge < -0.3 is 19.9 Å². The van der Waals surface area contributed by atoms with E-state index in [1.54, 1.807) is 12.0 Å². The number of ether oxygens (including phenoxy) is 1. The fraction of sp³-hybridized carbons (Fsp3) is 0.579. The monoisotopic (exact) mass is 347 g/mol. The van der Waals surface area contributed by atoms with Gasteiger partial charge >= 0.3 is 6.03 Å². The van der Waals surface area contributed by atoms with Crippen LogP contribution in [0.1, 0.15) is 38.8 Å². The van der Waals surface area contributed by atoms with E-state index < -0.39 is 0 Å². The van der Waals surface area contributed by atoms with Gasteiger partial charge in [0.25, 0.3) is 0 Å². The predicted octanol–water partition coefficient (Wildman–Crippen LogP) is 2.66. The first-order valence-electron chi connectivity index (χ1n) is 8.88. The van der Waals surface area contributed by atoms with Gasteiger partial charge in [-0.25, -0.2) is 4.79 Å². The number of urea groups is 1. The van der Waals surface area contributed by atoms with Gasteiger partial charge in [0.1, 0.15) is 5.75 Å². The lowest BCUT2D eigenvalue weighted by Crippen LogP contribution is -2.53. The summed E-state index contributed by atoms with van der Waals surface area (Å²) in [4.78, 5) is 28.2. The molecule has 0 spiro atoms. The summed E-state index contributed by atoms with van der Waals surface area (Å²) in [5.41, 5.74) is 0.999. The second-order valence-corrected chi connectivity index (χ2v) is 6.91. The van der Waals surface area contributed by atoms with Crippen LogP contribution in [0.5, 0.6) is 5.75 Å². The van der Waals surface area contributed by atoms with E-state index in [2.05, 4.69) is 5.32 Å². The zero-order valence-corrected chi connectivity index (χ0v) is 15.6. The number of nitrogens with one attached hydrogen (secondary N) is 1. The largest absolute Gasteiger partial charge is 0.497 e. The minimum absolute atomic E-state index is 0.0914. The van der Waals surface area contributed by atoms with Crippen LogP contribution >= 0.6 is 0 Å². The first kappa shape index (κ1) is 19.1. The topological polar surface area (TPSA) is 61.9 Å². The molecule has 0 aromatic heterocycles. The normalized spacial score (nSPS) is 15.9. The summed E-state index contributed by atoms with van der Waals surface area (Å²) in [5.74, 6) is 1.31. The lowest BCUT2D eigenvalue weighted by Gasteiger charge is -2.35. The van der Waals surface area contributed by atoms with E-state index in [4.69, 9.17) is 4.74 Å². The molecule has 6 nitrogen and oxygen atoms in total. The third kappa shape index (κ3) is 5.37. The Morgan fingerprint density at radius 1 is 1.12 bits per heavy atom. The summed E-state index contributed by atoms with van der Waals surface area (Å²) in [6.07, 6.45) is 0.569. The van der Waals surface area contributed by atoms with Crippen LogP contribution < -0.4 is 10.1 Å². The molecule has 1 aliphatic heterocycles. The lowest BCUT2D eigenvalue weighted by atomic mass is 10.1. The smallest absolute Gasteiger partial charge is 0.317 e. The highest BCUT2D eigenvalue weighted by Gasteiger charge is 2.25. The number of carbonyl (C=O) groups is 2. The first-order valence-corrected chi connectivity index (χ1v) is 8.88. The van der Waals surface area contributed by atoms with Crippen molar-refractivity contribution in [2.45, 2.75) is 33.2 Å². The van der Waals surface area contributed by atoms with Gasteiger partial charge in [0.2, 0.25) is 5.91 Å². The molecular weight excluding hydrogens is 318 g/mol. The van der Waals surface area contributed by atoms with Gasteiger partial charge in [-0.15, -0.1) is 0 Å². The number of hydrogen-bond donors (Lipinski definition) is 1. The molecule has 3 amide bonds. The minimum Gasteiger partial charge on any atom is -0.497 e. The third-order valence-electron chi connectivity index (χ3n) is 4.44. The molecule has 1 aliphatic rings. The Labute approximate surface area is 150 Å². The summed E-state index contributed by atoms with van der Waals surface area (Å²) >= 11 is 0. The average Bonchev–Trinajstić information content (AvgIpc) is 2.61. The van der Waals surface area contributed by atoms with Crippen molar-refractivity contribution >= 4 is 11.9 Å². The predicted molar refractivity (Wildman–Crippen MR) is 97.5 cm³/mol. The zero-order chi connectivity index (χ0) is 18.4. The number of rotatable bonds is 5. The van der Waals surface area contributed by atoms with Gasteiger partial charge in [0.05, 0.1) is 13.2 Å². The van der Waals surface area contributed by atoms with E-state index in [9.17, 15) is 9.59 Å². The first-order chi connectivity index (χ1) is 11.9. The van der Waals surface area contributed by atoms with Crippen LogP contribution in [0, 0.1) is 5.92 Å². The van der Waals surface area contributed by atoms with Crippen molar-refractivity contribution in [3.05, 3.63) is 29.8 Å². The number of amides is 3. The Bertz CT molecular complexity index is 595. The van der Waals surface area contributed by atoms with Crippen molar-refractivity contribution < 1.29 is 14.3 Å². The Kier molecular flexibility index (Phi) is 6.67. The fourth-order valence-electron chi connectivity index (χ4n) is 2.91. The molecule has 1 heterocycles. The molecule has 0 unspecified atom stereocenters. The Morgan fingerprint density at radius 2 is 1.76 bits per heavy atom. The van der Waals surface area contributed by atoms with Crippen molar-refractivity contribution in [2.75, 3.05) is 33.3 Å². The Hall–Kier alpha value is -2.24. The van der Waals surface area contributed by atoms with Crippen LogP contribution in [0.25, 0.3) is 0 Å². The summed E-state index contributed by atoms with van der Waals surface area (Å²) in [6, 6.07) is 7.49. The summed E-state index contributed by atoms with van der Waals surface area (Å²) < 4.78 is 5.23. The van der Waals surface area contributed by atoms with Crippen molar-refractivity contribution in [3.63, 3.8) is 0 Å². The standard InChI is InChI=1S/C19H29N3O3/c1-14(2)12-18(23)21-8-10-22(11-9-21)19(24)20-15(3)16-6-5-7-17(13-16)25-4/h5-7,13-15H,8-12H2,1-4H3,(H,20,24)/t15-/m0/s1. The lowest BCUT2D eigenvalue weighted by molar-refractivity contribution is -0.133. The summed E-state index contributed by atoms with van der Waals surface area (Å²) in [7, 11) is 1.63. The van der Waals surface area contributed by atoms with E-state index in [-0.39, 0.29) is 18.0 Å². The maximum Gasteiger partial charge on any atom is 0.317 e. The molecule has 25 heavy (non-hydrogen) atoms. The summed E-state index contributed by atoms with van der Waals surface area (Å²) in [6.45, 7) is 8.39. The van der Waals surface area contributed by atoms with E-state index >= 15 is 0 Å². The van der Waals surface area contributed by atoms with Crippen LogP contribution in [-0.2, 0) is 4.79 Å².